The Kier molecular flexibility index (Phi) is 7.25. The van der Waals surface area contributed by atoms with Crippen molar-refractivity contribution < 1.29 is 19.0 Å². The Balaban J connectivity index is 2.20. The molecule has 0 radical (unpaired) electrons. The first-order chi connectivity index (χ1) is 12.6. The fourth-order valence-electron chi connectivity index (χ4n) is 2.86. The Morgan fingerprint density at radius 2 is 2.00 bits per heavy atom. The second kappa shape index (κ2) is 9.65. The fraction of sp³-hybridized carbons (Fsp3) is 0.562. The van der Waals surface area contributed by atoms with Gasteiger partial charge in [-0.2, -0.15) is 0 Å². The summed E-state index contributed by atoms with van der Waals surface area (Å²) in [6, 6.07) is 8.76. The van der Waals surface area contributed by atoms with Gasteiger partial charge in [0.25, 0.3) is 0 Å². The van der Waals surface area contributed by atoms with Crippen LogP contribution >= 0.6 is 0 Å². The zero-order valence-corrected chi connectivity index (χ0v) is 14.5. The van der Waals surface area contributed by atoms with Crippen LogP contribution in [0.4, 0.5) is 0 Å². The molecule has 0 amide bonds. The van der Waals surface area contributed by atoms with E-state index in [1.54, 1.807) is 6.92 Å². The van der Waals surface area contributed by atoms with Gasteiger partial charge in [-0.05, 0) is 16.6 Å². The molecular formula is C16H20N6O4. The van der Waals surface area contributed by atoms with Gasteiger partial charge in [-0.1, -0.05) is 47.5 Å². The predicted octanol–water partition coefficient (Wildman–Crippen LogP) is 3.49. The summed E-state index contributed by atoms with van der Waals surface area (Å²) in [4.78, 5) is 17.0. The van der Waals surface area contributed by atoms with Gasteiger partial charge in [0.15, 0.2) is 6.29 Å². The van der Waals surface area contributed by atoms with Gasteiger partial charge in [-0.15, -0.1) is 0 Å². The number of esters is 1. The monoisotopic (exact) mass is 360 g/mol. The molecule has 0 aromatic heterocycles. The van der Waals surface area contributed by atoms with Crippen molar-refractivity contribution in [3.05, 3.63) is 56.8 Å². The Hall–Kier alpha value is -2.77. The molecule has 1 aromatic rings. The summed E-state index contributed by atoms with van der Waals surface area (Å²) in [6.45, 7) is 3.27. The largest absolute Gasteiger partial charge is 0.459 e. The Morgan fingerprint density at radius 3 is 2.62 bits per heavy atom. The molecule has 0 N–H and O–H groups in total. The van der Waals surface area contributed by atoms with Crippen molar-refractivity contribution >= 4 is 5.97 Å². The summed E-state index contributed by atoms with van der Waals surface area (Å²) in [6.07, 6.45) is -2.27. The molecule has 1 heterocycles. The highest BCUT2D eigenvalue weighted by Crippen LogP contribution is 2.32. The second-order valence-corrected chi connectivity index (χ2v) is 5.88. The number of hydrogen-bond donors (Lipinski definition) is 0. The molecule has 1 fully saturated rings. The lowest BCUT2D eigenvalue weighted by Crippen LogP contribution is -2.55. The van der Waals surface area contributed by atoms with Crippen LogP contribution in [0, 0.1) is 5.92 Å². The molecule has 10 heteroatoms. The molecule has 2 rings (SSSR count). The summed E-state index contributed by atoms with van der Waals surface area (Å²) >= 11 is 0. The van der Waals surface area contributed by atoms with Crippen molar-refractivity contribution in [2.45, 2.75) is 45.0 Å². The molecule has 0 saturated carbocycles. The summed E-state index contributed by atoms with van der Waals surface area (Å²) in [5.74, 6) is -0.886. The van der Waals surface area contributed by atoms with Gasteiger partial charge >= 0.3 is 5.97 Å². The fourth-order valence-corrected chi connectivity index (χ4v) is 2.86. The van der Waals surface area contributed by atoms with Gasteiger partial charge in [-0.3, -0.25) is 4.79 Å². The van der Waals surface area contributed by atoms with Crippen LogP contribution in [0.3, 0.4) is 0 Å². The van der Waals surface area contributed by atoms with Crippen molar-refractivity contribution in [2.24, 2.45) is 16.1 Å². The zero-order chi connectivity index (χ0) is 18.9. The van der Waals surface area contributed by atoms with Crippen LogP contribution < -0.4 is 0 Å². The number of ether oxygens (including phenoxy) is 3. The third-order valence-electron chi connectivity index (χ3n) is 4.08. The lowest BCUT2D eigenvalue weighted by Gasteiger charge is -2.42. The van der Waals surface area contributed by atoms with Crippen molar-refractivity contribution in [3.8, 4) is 0 Å². The van der Waals surface area contributed by atoms with Gasteiger partial charge in [-0.25, -0.2) is 0 Å². The Morgan fingerprint density at radius 1 is 1.27 bits per heavy atom. The lowest BCUT2D eigenvalue weighted by atomic mass is 9.89. The van der Waals surface area contributed by atoms with Crippen LogP contribution in [0.1, 0.15) is 19.4 Å². The Bertz CT molecular complexity index is 700. The molecule has 1 saturated heterocycles. The van der Waals surface area contributed by atoms with Crippen molar-refractivity contribution in [2.75, 3.05) is 6.54 Å². The van der Waals surface area contributed by atoms with Crippen LogP contribution in [-0.2, 0) is 25.6 Å². The molecule has 0 bridgehead atoms. The number of rotatable bonds is 7. The molecule has 1 aliphatic rings. The van der Waals surface area contributed by atoms with Crippen molar-refractivity contribution in [1.82, 2.24) is 0 Å². The van der Waals surface area contributed by atoms with Crippen LogP contribution in [0.5, 0.6) is 0 Å². The van der Waals surface area contributed by atoms with Gasteiger partial charge in [0.2, 0.25) is 0 Å². The standard InChI is InChI=1S/C16H20N6O4/c1-10-14(20-22-18)16(24-9-12-6-4-3-5-7-12)26-13(8-19-21-17)15(10)25-11(2)23/h3-7,10,13-16H,8-9H2,1-2H3/t10-,13+,14?,15-,16?/m0/s1. The summed E-state index contributed by atoms with van der Waals surface area (Å²) in [5, 5.41) is 7.28. The molecule has 10 nitrogen and oxygen atoms in total. The van der Waals surface area contributed by atoms with Gasteiger partial charge < -0.3 is 14.2 Å². The quantitative estimate of drug-likeness (QED) is 0.317. The maximum Gasteiger partial charge on any atom is 0.303 e. The van der Waals surface area contributed by atoms with Crippen LogP contribution in [-0.4, -0.2) is 37.1 Å². The van der Waals surface area contributed by atoms with Gasteiger partial charge in [0, 0.05) is 22.7 Å². The molecule has 26 heavy (non-hydrogen) atoms. The van der Waals surface area contributed by atoms with Gasteiger partial charge in [0.1, 0.15) is 12.2 Å². The van der Waals surface area contributed by atoms with E-state index in [2.05, 4.69) is 20.1 Å². The lowest BCUT2D eigenvalue weighted by molar-refractivity contribution is -0.252. The number of carbonyl (C=O) groups excluding carboxylic acids is 1. The molecule has 0 aliphatic carbocycles. The van der Waals surface area contributed by atoms with E-state index in [1.165, 1.54) is 6.92 Å². The van der Waals surface area contributed by atoms with Crippen LogP contribution in [0.2, 0.25) is 0 Å². The molecule has 5 atom stereocenters. The van der Waals surface area contributed by atoms with Crippen molar-refractivity contribution in [1.29, 1.82) is 0 Å². The molecule has 0 spiro atoms. The normalized spacial score (nSPS) is 27.7. The second-order valence-electron chi connectivity index (χ2n) is 5.88. The van der Waals surface area contributed by atoms with Crippen LogP contribution in [0.25, 0.3) is 20.9 Å². The summed E-state index contributed by atoms with van der Waals surface area (Å²) in [5.41, 5.74) is 18.4. The van der Waals surface area contributed by atoms with E-state index in [9.17, 15) is 4.79 Å². The SMILES string of the molecule is CC(=O)O[C@@H]1[C@@H](CN=[N+]=[N-])OC(OCc2ccccc2)C(N=[N+]=[N-])[C@@H]1C. The van der Waals surface area contributed by atoms with E-state index < -0.39 is 30.5 Å². The van der Waals surface area contributed by atoms with Crippen molar-refractivity contribution in [3.63, 3.8) is 0 Å². The van der Waals surface area contributed by atoms with E-state index >= 15 is 0 Å². The minimum atomic E-state index is -0.855. The highest BCUT2D eigenvalue weighted by molar-refractivity contribution is 5.66. The minimum absolute atomic E-state index is 0.0348. The number of azide groups is 2. The van der Waals surface area contributed by atoms with Gasteiger partial charge in [0.05, 0.1) is 19.2 Å². The first-order valence-corrected chi connectivity index (χ1v) is 8.10. The van der Waals surface area contributed by atoms with E-state index in [4.69, 9.17) is 25.3 Å². The highest BCUT2D eigenvalue weighted by atomic mass is 16.7. The zero-order valence-electron chi connectivity index (χ0n) is 14.5. The molecule has 1 aliphatic heterocycles. The molecule has 1 aromatic carbocycles. The summed E-state index contributed by atoms with van der Waals surface area (Å²) < 4.78 is 17.0. The maximum atomic E-state index is 11.4. The van der Waals surface area contributed by atoms with Crippen LogP contribution in [0.15, 0.2) is 40.6 Å². The molecule has 2 unspecified atom stereocenters. The highest BCUT2D eigenvalue weighted by Gasteiger charge is 2.45. The van der Waals surface area contributed by atoms with E-state index in [0.29, 0.717) is 0 Å². The minimum Gasteiger partial charge on any atom is -0.459 e. The maximum absolute atomic E-state index is 11.4. The number of benzene rings is 1. The third kappa shape index (κ3) is 5.11. The first-order valence-electron chi connectivity index (χ1n) is 8.10. The van der Waals surface area contributed by atoms with E-state index in [-0.39, 0.29) is 19.1 Å². The average Bonchev–Trinajstić information content (AvgIpc) is 2.64. The third-order valence-corrected chi connectivity index (χ3v) is 4.08. The number of carbonyl (C=O) groups is 1. The number of hydrogen-bond acceptors (Lipinski definition) is 6. The topological polar surface area (TPSA) is 142 Å². The predicted molar refractivity (Wildman–Crippen MR) is 91.6 cm³/mol. The Labute approximate surface area is 150 Å². The number of nitrogens with zero attached hydrogens (tertiary/aromatic N) is 6. The summed E-state index contributed by atoms with van der Waals surface area (Å²) in [7, 11) is 0. The first kappa shape index (κ1) is 19.6. The average molecular weight is 360 g/mol. The van der Waals surface area contributed by atoms with E-state index in [1.807, 2.05) is 30.3 Å². The molecular weight excluding hydrogens is 340 g/mol. The molecule has 138 valence electrons. The van der Waals surface area contributed by atoms with E-state index in [0.717, 1.165) is 5.56 Å². The smallest absolute Gasteiger partial charge is 0.303 e.